The maximum Gasteiger partial charge on any atom is 0.211 e. The highest BCUT2D eigenvalue weighted by atomic mass is 16.5. The second-order valence-corrected chi connectivity index (χ2v) is 3.82. The molecule has 0 aliphatic heterocycles. The van der Waals surface area contributed by atoms with Crippen molar-refractivity contribution in [2.24, 2.45) is 0 Å². The van der Waals surface area contributed by atoms with Gasteiger partial charge in [0, 0.05) is 17.5 Å². The lowest BCUT2D eigenvalue weighted by atomic mass is 10.1. The number of nitrogens with zero attached hydrogens (tertiary/aromatic N) is 3. The summed E-state index contributed by atoms with van der Waals surface area (Å²) in [4.78, 5) is 11.6. The molecule has 86 valence electrons. The summed E-state index contributed by atoms with van der Waals surface area (Å²) in [6.45, 7) is 0.251. The number of tetrazole rings is 1. The molecule has 0 fully saturated rings. The Bertz CT molecular complexity index is 551. The summed E-state index contributed by atoms with van der Waals surface area (Å²) in [6, 6.07) is 5.52. The molecule has 2 aromatic rings. The third kappa shape index (κ3) is 1.77. The van der Waals surface area contributed by atoms with E-state index in [1.807, 2.05) is 18.2 Å². The predicted molar refractivity (Wildman–Crippen MR) is 57.6 cm³/mol. The second-order valence-electron chi connectivity index (χ2n) is 3.82. The van der Waals surface area contributed by atoms with Crippen molar-refractivity contribution in [2.45, 2.75) is 19.4 Å². The minimum atomic E-state index is 0.185. The molecule has 3 rings (SSSR count). The highest BCUT2D eigenvalue weighted by Crippen LogP contribution is 2.30. The van der Waals surface area contributed by atoms with E-state index >= 15 is 0 Å². The highest BCUT2D eigenvalue weighted by Gasteiger charge is 2.22. The Morgan fingerprint density at radius 3 is 3.12 bits per heavy atom. The fourth-order valence-corrected chi connectivity index (χ4v) is 1.98. The molecule has 0 atom stereocenters. The van der Waals surface area contributed by atoms with Gasteiger partial charge in [0.15, 0.2) is 12.4 Å². The Hall–Kier alpha value is -2.24. The van der Waals surface area contributed by atoms with Gasteiger partial charge in [-0.1, -0.05) is 17.3 Å². The topological polar surface area (TPSA) is 80.8 Å². The molecule has 1 N–H and O–H groups in total. The Balaban J connectivity index is 1.82. The number of fused-ring (bicyclic) bond motifs is 1. The average Bonchev–Trinajstić information content (AvgIpc) is 2.97. The zero-order valence-electron chi connectivity index (χ0n) is 9.01. The van der Waals surface area contributed by atoms with Crippen LogP contribution in [0.3, 0.4) is 0 Å². The van der Waals surface area contributed by atoms with E-state index in [1.165, 1.54) is 0 Å². The van der Waals surface area contributed by atoms with Crippen molar-refractivity contribution in [3.8, 4) is 5.75 Å². The zero-order chi connectivity index (χ0) is 11.7. The van der Waals surface area contributed by atoms with Crippen molar-refractivity contribution in [1.82, 2.24) is 20.6 Å². The molecule has 1 aromatic carbocycles. The number of hydrogen-bond acceptors (Lipinski definition) is 5. The molecule has 1 aliphatic carbocycles. The number of carbonyl (C=O) groups is 1. The third-order valence-electron chi connectivity index (χ3n) is 2.78. The van der Waals surface area contributed by atoms with Crippen LogP contribution < -0.4 is 4.74 Å². The fraction of sp³-hybridized carbons (Fsp3) is 0.273. The summed E-state index contributed by atoms with van der Waals surface area (Å²) < 4.78 is 5.60. The molecule has 0 radical (unpaired) electrons. The second kappa shape index (κ2) is 3.97. The van der Waals surface area contributed by atoms with E-state index < -0.39 is 0 Å². The number of aromatic amines is 1. The SMILES string of the molecule is O=C1CCc2c(OCc3nn[nH]n3)cccc21. The van der Waals surface area contributed by atoms with Gasteiger partial charge < -0.3 is 4.74 Å². The Labute approximate surface area is 97.0 Å². The van der Waals surface area contributed by atoms with Gasteiger partial charge in [-0.15, -0.1) is 10.2 Å². The van der Waals surface area contributed by atoms with Crippen molar-refractivity contribution in [3.63, 3.8) is 0 Å². The van der Waals surface area contributed by atoms with Crippen LogP contribution >= 0.6 is 0 Å². The van der Waals surface area contributed by atoms with Gasteiger partial charge in [-0.2, -0.15) is 5.21 Å². The first-order valence-electron chi connectivity index (χ1n) is 5.35. The molecule has 1 aliphatic rings. The van der Waals surface area contributed by atoms with Gasteiger partial charge in [-0.05, 0) is 12.5 Å². The molecule has 6 nitrogen and oxygen atoms in total. The number of hydrogen-bond donors (Lipinski definition) is 1. The molecular weight excluding hydrogens is 220 g/mol. The smallest absolute Gasteiger partial charge is 0.211 e. The first kappa shape index (κ1) is 9.95. The van der Waals surface area contributed by atoms with Gasteiger partial charge in [0.1, 0.15) is 5.75 Å². The van der Waals surface area contributed by atoms with Crippen LogP contribution in [0.1, 0.15) is 28.2 Å². The Kier molecular flexibility index (Phi) is 2.32. The Morgan fingerprint density at radius 2 is 2.29 bits per heavy atom. The number of carbonyl (C=O) groups excluding carboxylic acids is 1. The lowest BCUT2D eigenvalue weighted by molar-refractivity contribution is 0.0994. The normalized spacial score (nSPS) is 13.8. The first-order valence-corrected chi connectivity index (χ1v) is 5.35. The number of aromatic nitrogens is 4. The summed E-state index contributed by atoms with van der Waals surface area (Å²) in [6.07, 6.45) is 1.31. The summed E-state index contributed by atoms with van der Waals surface area (Å²) in [5, 5.41) is 13.4. The lowest BCUT2D eigenvalue weighted by Crippen LogP contribution is -2.00. The van der Waals surface area contributed by atoms with Gasteiger partial charge >= 0.3 is 0 Å². The molecule has 0 spiro atoms. The van der Waals surface area contributed by atoms with Crippen molar-refractivity contribution >= 4 is 5.78 Å². The molecular formula is C11H10N4O2. The van der Waals surface area contributed by atoms with Gasteiger partial charge in [0.25, 0.3) is 0 Å². The number of benzene rings is 1. The van der Waals surface area contributed by atoms with Crippen LogP contribution in [0.5, 0.6) is 5.75 Å². The quantitative estimate of drug-likeness (QED) is 0.847. The van der Waals surface area contributed by atoms with E-state index in [9.17, 15) is 4.79 Å². The van der Waals surface area contributed by atoms with Crippen LogP contribution in [0.25, 0.3) is 0 Å². The number of H-pyrrole nitrogens is 1. The van der Waals surface area contributed by atoms with Gasteiger partial charge in [0.05, 0.1) is 0 Å². The molecule has 0 saturated heterocycles. The molecule has 0 saturated carbocycles. The summed E-state index contributed by atoms with van der Waals surface area (Å²) >= 11 is 0. The molecule has 17 heavy (non-hydrogen) atoms. The van der Waals surface area contributed by atoms with E-state index in [1.54, 1.807) is 0 Å². The summed E-state index contributed by atoms with van der Waals surface area (Å²) in [7, 11) is 0. The number of ketones is 1. The van der Waals surface area contributed by atoms with E-state index in [-0.39, 0.29) is 12.4 Å². The van der Waals surface area contributed by atoms with Crippen molar-refractivity contribution < 1.29 is 9.53 Å². The summed E-state index contributed by atoms with van der Waals surface area (Å²) in [5.41, 5.74) is 1.76. The monoisotopic (exact) mass is 230 g/mol. The molecule has 0 amide bonds. The fourth-order valence-electron chi connectivity index (χ4n) is 1.98. The van der Waals surface area contributed by atoms with Gasteiger partial charge in [0.2, 0.25) is 5.82 Å². The Morgan fingerprint density at radius 1 is 1.35 bits per heavy atom. The molecule has 0 unspecified atom stereocenters. The number of rotatable bonds is 3. The standard InChI is InChI=1S/C11H10N4O2/c16-9-5-4-8-7(9)2-1-3-10(8)17-6-11-12-14-15-13-11/h1-3H,4-6H2,(H,12,13,14,15). The number of Topliss-reactive ketones (excluding diaryl/α,β-unsaturated/α-hetero) is 1. The van der Waals surface area contributed by atoms with Gasteiger partial charge in [-0.3, -0.25) is 4.79 Å². The van der Waals surface area contributed by atoms with Crippen molar-refractivity contribution in [3.05, 3.63) is 35.2 Å². The average molecular weight is 230 g/mol. The third-order valence-corrected chi connectivity index (χ3v) is 2.78. The van der Waals surface area contributed by atoms with Crippen LogP contribution in [0.4, 0.5) is 0 Å². The van der Waals surface area contributed by atoms with Crippen LogP contribution in [-0.2, 0) is 13.0 Å². The molecule has 0 bridgehead atoms. The molecule has 1 heterocycles. The number of nitrogens with one attached hydrogen (secondary N) is 1. The minimum absolute atomic E-state index is 0.185. The lowest BCUT2D eigenvalue weighted by Gasteiger charge is -2.07. The van der Waals surface area contributed by atoms with Crippen molar-refractivity contribution in [2.75, 3.05) is 0 Å². The van der Waals surface area contributed by atoms with E-state index in [4.69, 9.17) is 4.74 Å². The molecule has 1 aromatic heterocycles. The van der Waals surface area contributed by atoms with E-state index in [2.05, 4.69) is 20.6 Å². The predicted octanol–water partition coefficient (Wildman–Crippen LogP) is 0.908. The molecule has 6 heteroatoms. The highest BCUT2D eigenvalue weighted by molar-refractivity contribution is 6.01. The maximum absolute atomic E-state index is 11.6. The zero-order valence-corrected chi connectivity index (χ0v) is 9.01. The van der Waals surface area contributed by atoms with E-state index in [0.717, 1.165) is 23.3 Å². The van der Waals surface area contributed by atoms with E-state index in [0.29, 0.717) is 12.2 Å². The minimum Gasteiger partial charge on any atom is -0.485 e. The van der Waals surface area contributed by atoms with Crippen molar-refractivity contribution in [1.29, 1.82) is 0 Å². The summed E-state index contributed by atoms with van der Waals surface area (Å²) in [5.74, 6) is 1.41. The number of ether oxygens (including phenoxy) is 1. The van der Waals surface area contributed by atoms with Crippen LogP contribution in [-0.4, -0.2) is 26.4 Å². The van der Waals surface area contributed by atoms with Gasteiger partial charge in [-0.25, -0.2) is 0 Å². The van der Waals surface area contributed by atoms with Crippen LogP contribution in [0, 0.1) is 0 Å². The van der Waals surface area contributed by atoms with Crippen LogP contribution in [0.15, 0.2) is 18.2 Å². The maximum atomic E-state index is 11.6. The largest absolute Gasteiger partial charge is 0.485 e. The van der Waals surface area contributed by atoms with Crippen LogP contribution in [0.2, 0.25) is 0 Å². The first-order chi connectivity index (χ1) is 8.34.